The van der Waals surface area contributed by atoms with E-state index in [0.717, 1.165) is 36.8 Å². The van der Waals surface area contributed by atoms with Gasteiger partial charge in [0, 0.05) is 17.0 Å². The summed E-state index contributed by atoms with van der Waals surface area (Å²) in [6.45, 7) is 2.50. The summed E-state index contributed by atoms with van der Waals surface area (Å²) in [5.41, 5.74) is 1.62. The summed E-state index contributed by atoms with van der Waals surface area (Å²) in [7, 11) is 0. The van der Waals surface area contributed by atoms with Crippen molar-refractivity contribution in [2.24, 2.45) is 5.92 Å². The van der Waals surface area contributed by atoms with Gasteiger partial charge in [0.25, 0.3) is 5.91 Å². The van der Waals surface area contributed by atoms with E-state index in [1.54, 1.807) is 30.3 Å². The zero-order valence-electron chi connectivity index (χ0n) is 17.1. The van der Waals surface area contributed by atoms with E-state index in [0.29, 0.717) is 23.6 Å². The molecule has 156 valence electrons. The van der Waals surface area contributed by atoms with Crippen LogP contribution in [0.25, 0.3) is 11.0 Å². The highest BCUT2D eigenvalue weighted by Gasteiger charge is 2.26. The third-order valence-corrected chi connectivity index (χ3v) is 5.45. The topological polar surface area (TPSA) is 80.6 Å². The molecule has 30 heavy (non-hydrogen) atoms. The number of rotatable bonds is 6. The first-order chi connectivity index (χ1) is 14.7. The number of amides is 2. The van der Waals surface area contributed by atoms with Crippen LogP contribution in [0.15, 0.2) is 52.9 Å². The molecule has 3 aromatic rings. The predicted octanol–water partition coefficient (Wildman–Crippen LogP) is 5.60. The summed E-state index contributed by atoms with van der Waals surface area (Å²) in [5.74, 6) is 0.369. The first kappa shape index (κ1) is 20.0. The summed E-state index contributed by atoms with van der Waals surface area (Å²) < 4.78 is 11.3. The Hall–Kier alpha value is -3.28. The van der Waals surface area contributed by atoms with E-state index in [1.807, 2.05) is 25.1 Å². The largest absolute Gasteiger partial charge is 0.494 e. The highest BCUT2D eigenvalue weighted by atomic mass is 16.5. The molecular weight excluding hydrogens is 380 g/mol. The Balaban J connectivity index is 1.58. The van der Waals surface area contributed by atoms with Crippen molar-refractivity contribution in [3.8, 4) is 5.75 Å². The third-order valence-electron chi connectivity index (χ3n) is 5.45. The van der Waals surface area contributed by atoms with Crippen molar-refractivity contribution in [1.82, 2.24) is 0 Å². The van der Waals surface area contributed by atoms with Crippen molar-refractivity contribution >= 4 is 34.2 Å². The maximum absolute atomic E-state index is 13.0. The monoisotopic (exact) mass is 406 g/mol. The molecule has 0 bridgehead atoms. The molecule has 1 heterocycles. The van der Waals surface area contributed by atoms with Crippen LogP contribution in [-0.4, -0.2) is 18.4 Å². The molecule has 1 aromatic heterocycles. The van der Waals surface area contributed by atoms with Gasteiger partial charge in [-0.3, -0.25) is 9.59 Å². The molecule has 2 N–H and O–H groups in total. The molecule has 1 fully saturated rings. The molecule has 1 aliphatic rings. The minimum atomic E-state index is -0.408. The maximum atomic E-state index is 13.0. The smallest absolute Gasteiger partial charge is 0.293 e. The van der Waals surface area contributed by atoms with Crippen LogP contribution in [0.5, 0.6) is 5.75 Å². The molecule has 6 nitrogen and oxygen atoms in total. The van der Waals surface area contributed by atoms with Crippen molar-refractivity contribution in [1.29, 1.82) is 0 Å². The summed E-state index contributed by atoms with van der Waals surface area (Å²) in [6, 6.07) is 14.5. The summed E-state index contributed by atoms with van der Waals surface area (Å²) >= 11 is 0. The summed E-state index contributed by atoms with van der Waals surface area (Å²) in [6.07, 6.45) is 5.07. The molecule has 0 atom stereocenters. The second kappa shape index (κ2) is 9.03. The van der Waals surface area contributed by atoms with Gasteiger partial charge in [-0.15, -0.1) is 0 Å². The van der Waals surface area contributed by atoms with Crippen LogP contribution in [0.2, 0.25) is 0 Å². The number of para-hydroxylation sites is 1. The van der Waals surface area contributed by atoms with E-state index in [4.69, 9.17) is 9.15 Å². The molecule has 1 aliphatic carbocycles. The minimum absolute atomic E-state index is 0.0190. The molecule has 2 amide bonds. The molecule has 0 spiro atoms. The lowest BCUT2D eigenvalue weighted by atomic mass is 9.88. The van der Waals surface area contributed by atoms with Crippen molar-refractivity contribution in [3.63, 3.8) is 0 Å². The SMILES string of the molecule is CCOc1ccc(NC(=O)c2oc3ccccc3c2NC(=O)C2CCCCC2)cc1. The highest BCUT2D eigenvalue weighted by molar-refractivity contribution is 6.14. The van der Waals surface area contributed by atoms with Gasteiger partial charge in [-0.1, -0.05) is 31.4 Å². The Morgan fingerprint density at radius 3 is 2.47 bits per heavy atom. The van der Waals surface area contributed by atoms with Crippen LogP contribution < -0.4 is 15.4 Å². The molecular formula is C24H26N2O4. The lowest BCUT2D eigenvalue weighted by molar-refractivity contribution is -0.120. The van der Waals surface area contributed by atoms with E-state index in [1.165, 1.54) is 6.42 Å². The summed E-state index contributed by atoms with van der Waals surface area (Å²) in [5, 5.41) is 6.55. The van der Waals surface area contributed by atoms with Gasteiger partial charge in [0.15, 0.2) is 0 Å². The summed E-state index contributed by atoms with van der Waals surface area (Å²) in [4.78, 5) is 25.8. The fourth-order valence-corrected chi connectivity index (χ4v) is 3.91. The fourth-order valence-electron chi connectivity index (χ4n) is 3.91. The van der Waals surface area contributed by atoms with Crippen LogP contribution >= 0.6 is 0 Å². The number of benzene rings is 2. The van der Waals surface area contributed by atoms with E-state index in [-0.39, 0.29) is 17.6 Å². The van der Waals surface area contributed by atoms with Crippen LogP contribution in [0, 0.1) is 5.92 Å². The van der Waals surface area contributed by atoms with E-state index in [2.05, 4.69) is 10.6 Å². The van der Waals surface area contributed by atoms with Crippen molar-refractivity contribution in [2.45, 2.75) is 39.0 Å². The lowest BCUT2D eigenvalue weighted by Gasteiger charge is -2.20. The standard InChI is InChI=1S/C24H26N2O4/c1-2-29-18-14-12-17(13-15-18)25-24(28)22-21(19-10-6-7-11-20(19)30-22)26-23(27)16-8-4-3-5-9-16/h6-7,10-16H,2-5,8-9H2,1H3,(H,25,28)(H,26,27). The number of hydrogen-bond acceptors (Lipinski definition) is 4. The molecule has 0 unspecified atom stereocenters. The van der Waals surface area contributed by atoms with Gasteiger partial charge in [-0.05, 0) is 56.2 Å². The molecule has 4 rings (SSSR count). The first-order valence-corrected chi connectivity index (χ1v) is 10.5. The average Bonchev–Trinajstić information content (AvgIpc) is 3.14. The Morgan fingerprint density at radius 1 is 1.00 bits per heavy atom. The molecule has 1 saturated carbocycles. The van der Waals surface area contributed by atoms with Gasteiger partial charge in [0.1, 0.15) is 17.0 Å². The fraction of sp³-hybridized carbons (Fsp3) is 0.333. The zero-order chi connectivity index (χ0) is 20.9. The normalized spacial score (nSPS) is 14.4. The molecule has 0 saturated heterocycles. The highest BCUT2D eigenvalue weighted by Crippen LogP contribution is 2.33. The van der Waals surface area contributed by atoms with Crippen LogP contribution in [-0.2, 0) is 4.79 Å². The minimum Gasteiger partial charge on any atom is -0.494 e. The van der Waals surface area contributed by atoms with E-state index >= 15 is 0 Å². The van der Waals surface area contributed by atoms with Gasteiger partial charge in [-0.2, -0.15) is 0 Å². The van der Waals surface area contributed by atoms with Crippen molar-refractivity contribution in [3.05, 3.63) is 54.3 Å². The number of nitrogens with one attached hydrogen (secondary N) is 2. The van der Waals surface area contributed by atoms with E-state index < -0.39 is 5.91 Å². The molecule has 2 aromatic carbocycles. The third kappa shape index (κ3) is 4.32. The lowest BCUT2D eigenvalue weighted by Crippen LogP contribution is -2.25. The van der Waals surface area contributed by atoms with Gasteiger partial charge in [0.05, 0.1) is 6.61 Å². The number of carbonyl (C=O) groups excluding carboxylic acids is 2. The maximum Gasteiger partial charge on any atom is 0.293 e. The molecule has 0 aliphatic heterocycles. The number of carbonyl (C=O) groups is 2. The number of ether oxygens (including phenoxy) is 1. The number of fused-ring (bicyclic) bond motifs is 1. The van der Waals surface area contributed by atoms with E-state index in [9.17, 15) is 9.59 Å². The molecule has 0 radical (unpaired) electrons. The second-order valence-corrected chi connectivity index (χ2v) is 7.54. The Bertz CT molecular complexity index is 1030. The van der Waals surface area contributed by atoms with Gasteiger partial charge in [0.2, 0.25) is 11.7 Å². The van der Waals surface area contributed by atoms with Crippen LogP contribution in [0.1, 0.15) is 49.6 Å². The Labute approximate surface area is 175 Å². The first-order valence-electron chi connectivity index (χ1n) is 10.5. The Morgan fingerprint density at radius 2 is 1.73 bits per heavy atom. The predicted molar refractivity (Wildman–Crippen MR) is 117 cm³/mol. The van der Waals surface area contributed by atoms with Crippen LogP contribution in [0.4, 0.5) is 11.4 Å². The number of furan rings is 1. The molecule has 6 heteroatoms. The average molecular weight is 406 g/mol. The van der Waals surface area contributed by atoms with Crippen molar-refractivity contribution < 1.29 is 18.7 Å². The van der Waals surface area contributed by atoms with Crippen LogP contribution in [0.3, 0.4) is 0 Å². The zero-order valence-corrected chi connectivity index (χ0v) is 17.1. The van der Waals surface area contributed by atoms with Gasteiger partial charge in [-0.25, -0.2) is 0 Å². The quantitative estimate of drug-likeness (QED) is 0.558. The second-order valence-electron chi connectivity index (χ2n) is 7.54. The van der Waals surface area contributed by atoms with Gasteiger partial charge >= 0.3 is 0 Å². The Kier molecular flexibility index (Phi) is 6.02. The number of hydrogen-bond donors (Lipinski definition) is 2. The number of anilines is 2. The van der Waals surface area contributed by atoms with Gasteiger partial charge < -0.3 is 19.8 Å². The van der Waals surface area contributed by atoms with Crippen molar-refractivity contribution in [2.75, 3.05) is 17.2 Å².